The first-order valence-electron chi connectivity index (χ1n) is 9.38. The summed E-state index contributed by atoms with van der Waals surface area (Å²) in [6.07, 6.45) is 2.19. The van der Waals surface area contributed by atoms with Gasteiger partial charge in [0.05, 0.1) is 23.2 Å². The molecule has 1 aliphatic heterocycles. The lowest BCUT2D eigenvalue weighted by Gasteiger charge is -2.33. The number of likely N-dealkylation sites (tertiary alicyclic amines) is 1. The topological polar surface area (TPSA) is 88.1 Å². The van der Waals surface area contributed by atoms with Crippen LogP contribution in [0.2, 0.25) is 0 Å². The molecule has 9 heteroatoms. The van der Waals surface area contributed by atoms with E-state index in [4.69, 9.17) is 4.74 Å². The highest BCUT2D eigenvalue weighted by atomic mass is 127. The fourth-order valence-corrected chi connectivity index (χ4v) is 4.49. The van der Waals surface area contributed by atoms with Crippen molar-refractivity contribution < 1.29 is 17.9 Å². The van der Waals surface area contributed by atoms with Gasteiger partial charge in [0.1, 0.15) is 0 Å². The highest BCUT2D eigenvalue weighted by molar-refractivity contribution is 14.0. The Hall–Kier alpha value is -1.36. The monoisotopic (exact) mass is 523 g/mol. The van der Waals surface area contributed by atoms with Crippen molar-refractivity contribution in [2.45, 2.75) is 31.1 Å². The number of carbonyl (C=O) groups excluding carboxylic acids is 1. The van der Waals surface area contributed by atoms with Gasteiger partial charge < -0.3 is 15.0 Å². The molecule has 1 heterocycles. The van der Waals surface area contributed by atoms with E-state index in [0.717, 1.165) is 19.4 Å². The molecule has 28 heavy (non-hydrogen) atoms. The van der Waals surface area contributed by atoms with Crippen LogP contribution in [0.4, 0.5) is 0 Å². The van der Waals surface area contributed by atoms with Gasteiger partial charge in [-0.3, -0.25) is 9.79 Å². The summed E-state index contributed by atoms with van der Waals surface area (Å²) in [6, 6.07) is 8.48. The molecule has 158 valence electrons. The van der Waals surface area contributed by atoms with Gasteiger partial charge >= 0.3 is 5.97 Å². The van der Waals surface area contributed by atoms with E-state index in [1.165, 1.54) is 0 Å². The number of hydrogen-bond donors (Lipinski definition) is 1. The second-order valence-corrected chi connectivity index (χ2v) is 8.61. The van der Waals surface area contributed by atoms with Gasteiger partial charge in [-0.2, -0.15) is 0 Å². The van der Waals surface area contributed by atoms with Crippen LogP contribution in [0.1, 0.15) is 26.2 Å². The van der Waals surface area contributed by atoms with E-state index < -0.39 is 9.84 Å². The molecule has 1 aliphatic rings. The van der Waals surface area contributed by atoms with Crippen LogP contribution >= 0.6 is 24.0 Å². The molecule has 1 atom stereocenters. The Kier molecular flexibility index (Phi) is 10.8. The Balaban J connectivity index is 0.00000392. The van der Waals surface area contributed by atoms with Crippen molar-refractivity contribution in [1.29, 1.82) is 0 Å². The number of benzene rings is 1. The molecule has 1 saturated heterocycles. The van der Waals surface area contributed by atoms with Gasteiger partial charge in [0.25, 0.3) is 0 Å². The maximum Gasteiger partial charge on any atom is 0.310 e. The summed E-state index contributed by atoms with van der Waals surface area (Å²) in [7, 11) is -1.58. The van der Waals surface area contributed by atoms with Crippen LogP contribution in [0.3, 0.4) is 0 Å². The smallest absolute Gasteiger partial charge is 0.310 e. The third-order valence-electron chi connectivity index (χ3n) is 4.53. The maximum absolute atomic E-state index is 12.3. The van der Waals surface area contributed by atoms with Gasteiger partial charge in [-0.05, 0) is 38.3 Å². The molecule has 1 aromatic rings. The average molecular weight is 523 g/mol. The average Bonchev–Trinajstić information content (AvgIpc) is 2.69. The van der Waals surface area contributed by atoms with E-state index >= 15 is 0 Å². The number of carbonyl (C=O) groups is 1. The molecule has 2 rings (SSSR count). The Labute approximate surface area is 184 Å². The van der Waals surface area contributed by atoms with Crippen LogP contribution < -0.4 is 5.32 Å². The molecule has 1 unspecified atom stereocenters. The SMILES string of the molecule is CCOC(=O)C1CCCN(C(=NC)NCCCS(=O)(=O)c2ccccc2)C1.I. The van der Waals surface area contributed by atoms with E-state index in [9.17, 15) is 13.2 Å². The first-order valence-corrected chi connectivity index (χ1v) is 11.0. The van der Waals surface area contributed by atoms with Gasteiger partial charge in [0, 0.05) is 26.7 Å². The molecular weight excluding hydrogens is 493 g/mol. The molecule has 0 aromatic heterocycles. The van der Waals surface area contributed by atoms with Crippen molar-refractivity contribution in [3.63, 3.8) is 0 Å². The number of nitrogens with zero attached hydrogens (tertiary/aromatic N) is 2. The van der Waals surface area contributed by atoms with Crippen LogP contribution in [0, 0.1) is 5.92 Å². The molecule has 0 spiro atoms. The van der Waals surface area contributed by atoms with E-state index in [1.54, 1.807) is 37.4 Å². The van der Waals surface area contributed by atoms with Crippen LogP contribution in [0.5, 0.6) is 0 Å². The van der Waals surface area contributed by atoms with Crippen LogP contribution in [0.15, 0.2) is 40.2 Å². The number of piperidine rings is 1. The minimum absolute atomic E-state index is 0. The van der Waals surface area contributed by atoms with Crippen LogP contribution in [0.25, 0.3) is 0 Å². The number of sulfone groups is 1. The van der Waals surface area contributed by atoms with Crippen molar-refractivity contribution in [3.05, 3.63) is 30.3 Å². The molecule has 0 aliphatic carbocycles. The lowest BCUT2D eigenvalue weighted by molar-refractivity contribution is -0.149. The fourth-order valence-electron chi connectivity index (χ4n) is 3.16. The number of ether oxygens (including phenoxy) is 1. The summed E-state index contributed by atoms with van der Waals surface area (Å²) < 4.78 is 29.7. The van der Waals surface area contributed by atoms with E-state index in [2.05, 4.69) is 10.3 Å². The number of hydrogen-bond acceptors (Lipinski definition) is 5. The predicted molar refractivity (Wildman–Crippen MR) is 121 cm³/mol. The van der Waals surface area contributed by atoms with Crippen molar-refractivity contribution in [3.8, 4) is 0 Å². The van der Waals surface area contributed by atoms with Gasteiger partial charge in [-0.25, -0.2) is 8.42 Å². The molecule has 7 nitrogen and oxygen atoms in total. The summed E-state index contributed by atoms with van der Waals surface area (Å²) in [4.78, 5) is 18.6. The normalized spacial score (nSPS) is 17.6. The quantitative estimate of drug-likeness (QED) is 0.194. The Bertz CT molecular complexity index is 741. The van der Waals surface area contributed by atoms with Gasteiger partial charge in [-0.1, -0.05) is 18.2 Å². The van der Waals surface area contributed by atoms with Gasteiger partial charge in [0.2, 0.25) is 0 Å². The first-order chi connectivity index (χ1) is 13.0. The van der Waals surface area contributed by atoms with Gasteiger partial charge in [-0.15, -0.1) is 24.0 Å². The van der Waals surface area contributed by atoms with Crippen molar-refractivity contribution in [1.82, 2.24) is 10.2 Å². The number of rotatable bonds is 7. The first kappa shape index (κ1) is 24.7. The Morgan fingerprint density at radius 3 is 2.68 bits per heavy atom. The number of aliphatic imine (C=N–C) groups is 1. The molecule has 1 fully saturated rings. The third kappa shape index (κ3) is 7.23. The molecule has 0 bridgehead atoms. The number of guanidine groups is 1. The minimum Gasteiger partial charge on any atom is -0.466 e. The zero-order valence-corrected chi connectivity index (χ0v) is 19.6. The van der Waals surface area contributed by atoms with E-state index in [-0.39, 0.29) is 41.6 Å². The third-order valence-corrected chi connectivity index (χ3v) is 6.34. The molecule has 0 saturated carbocycles. The highest BCUT2D eigenvalue weighted by Gasteiger charge is 2.28. The standard InChI is InChI=1S/C19H29N3O4S.HI/c1-3-26-18(23)16-9-7-13-22(15-16)19(20-2)21-12-8-14-27(24,25)17-10-5-4-6-11-17;/h4-6,10-11,16H,3,7-9,12-15H2,1-2H3,(H,20,21);1H. The zero-order valence-electron chi connectivity index (χ0n) is 16.5. The Morgan fingerprint density at radius 2 is 2.04 bits per heavy atom. The van der Waals surface area contributed by atoms with E-state index in [0.29, 0.717) is 37.0 Å². The summed E-state index contributed by atoms with van der Waals surface area (Å²) in [5, 5.41) is 3.21. The van der Waals surface area contributed by atoms with Crippen molar-refractivity contribution >= 4 is 45.7 Å². The molecule has 1 aromatic carbocycles. The highest BCUT2D eigenvalue weighted by Crippen LogP contribution is 2.18. The fraction of sp³-hybridized carbons (Fsp3) is 0.579. The summed E-state index contributed by atoms with van der Waals surface area (Å²) in [5.74, 6) is 0.468. The summed E-state index contributed by atoms with van der Waals surface area (Å²) in [6.45, 7) is 4.08. The summed E-state index contributed by atoms with van der Waals surface area (Å²) >= 11 is 0. The van der Waals surface area contributed by atoms with Crippen molar-refractivity contribution in [2.24, 2.45) is 10.9 Å². The number of halogens is 1. The number of nitrogens with one attached hydrogen (secondary N) is 1. The lowest BCUT2D eigenvalue weighted by Crippen LogP contribution is -2.48. The minimum atomic E-state index is -3.27. The van der Waals surface area contributed by atoms with Crippen molar-refractivity contribution in [2.75, 3.05) is 39.0 Å². The van der Waals surface area contributed by atoms with E-state index in [1.807, 2.05) is 11.8 Å². The van der Waals surface area contributed by atoms with Gasteiger partial charge in [0.15, 0.2) is 15.8 Å². The number of esters is 1. The molecule has 0 amide bonds. The van der Waals surface area contributed by atoms with Crippen LogP contribution in [-0.4, -0.2) is 64.3 Å². The second-order valence-electron chi connectivity index (χ2n) is 6.50. The molecule has 0 radical (unpaired) electrons. The second kappa shape index (κ2) is 12.3. The van der Waals surface area contributed by atoms with Crippen LogP contribution in [-0.2, 0) is 19.4 Å². The lowest BCUT2D eigenvalue weighted by atomic mass is 9.98. The summed E-state index contributed by atoms with van der Waals surface area (Å²) in [5.41, 5.74) is 0. The Morgan fingerprint density at radius 1 is 1.32 bits per heavy atom. The largest absolute Gasteiger partial charge is 0.466 e. The molecule has 1 N–H and O–H groups in total. The molecular formula is C19H30IN3O4S. The predicted octanol–water partition coefficient (Wildman–Crippen LogP) is 2.32. The zero-order chi connectivity index (χ0) is 19.7. The maximum atomic E-state index is 12.3.